The van der Waals surface area contributed by atoms with Gasteiger partial charge in [0, 0.05) is 12.7 Å². The number of anilines is 2. The third kappa shape index (κ3) is 5.31. The van der Waals surface area contributed by atoms with E-state index in [-0.39, 0.29) is 5.91 Å². The molecule has 27 heavy (non-hydrogen) atoms. The van der Waals surface area contributed by atoms with Crippen LogP contribution in [0.3, 0.4) is 0 Å². The number of methoxy groups -OCH3 is 1. The number of carbonyl (C=O) groups is 1. The van der Waals surface area contributed by atoms with Gasteiger partial charge in [0.05, 0.1) is 30.2 Å². The monoisotopic (exact) mass is 361 g/mol. The van der Waals surface area contributed by atoms with Crippen LogP contribution in [0.2, 0.25) is 0 Å². The second-order valence-corrected chi connectivity index (χ2v) is 6.13. The van der Waals surface area contributed by atoms with Crippen LogP contribution in [0.1, 0.15) is 22.3 Å². The number of carbonyl (C=O) groups excluding carboxylic acids is 1. The molecule has 1 aromatic heterocycles. The summed E-state index contributed by atoms with van der Waals surface area (Å²) >= 11 is 0. The van der Waals surface area contributed by atoms with Crippen LogP contribution < -0.4 is 15.4 Å². The number of benzene rings is 2. The van der Waals surface area contributed by atoms with Crippen LogP contribution in [-0.2, 0) is 6.42 Å². The normalized spacial score (nSPS) is 10.3. The Morgan fingerprint density at radius 2 is 1.81 bits per heavy atom. The van der Waals surface area contributed by atoms with E-state index in [1.807, 2.05) is 42.5 Å². The van der Waals surface area contributed by atoms with Crippen LogP contribution in [-0.4, -0.2) is 24.5 Å². The molecule has 138 valence electrons. The first-order chi connectivity index (χ1) is 13.3. The summed E-state index contributed by atoms with van der Waals surface area (Å²) in [4.78, 5) is 16.5. The summed E-state index contributed by atoms with van der Waals surface area (Å²) in [7, 11) is 1.62. The van der Waals surface area contributed by atoms with Gasteiger partial charge in [0.2, 0.25) is 0 Å². The molecule has 0 spiro atoms. The molecule has 0 aliphatic carbocycles. The lowest BCUT2D eigenvalue weighted by molar-refractivity contribution is 0.0953. The first-order valence-corrected chi connectivity index (χ1v) is 8.93. The van der Waals surface area contributed by atoms with Crippen molar-refractivity contribution in [3.8, 4) is 5.75 Å². The van der Waals surface area contributed by atoms with Crippen LogP contribution in [0.4, 0.5) is 11.4 Å². The fourth-order valence-corrected chi connectivity index (χ4v) is 2.78. The quantitative estimate of drug-likeness (QED) is 0.590. The van der Waals surface area contributed by atoms with Gasteiger partial charge in [-0.1, -0.05) is 42.5 Å². The molecule has 5 heteroatoms. The van der Waals surface area contributed by atoms with E-state index in [2.05, 4.69) is 27.8 Å². The average molecular weight is 361 g/mol. The van der Waals surface area contributed by atoms with Crippen LogP contribution >= 0.6 is 0 Å². The van der Waals surface area contributed by atoms with Crippen molar-refractivity contribution in [2.75, 3.05) is 19.0 Å². The molecule has 0 bridgehead atoms. The van der Waals surface area contributed by atoms with Gasteiger partial charge in [-0.3, -0.25) is 9.78 Å². The lowest BCUT2D eigenvalue weighted by Gasteiger charge is -2.11. The van der Waals surface area contributed by atoms with E-state index in [0.717, 1.165) is 30.0 Å². The van der Waals surface area contributed by atoms with Gasteiger partial charge in [0.15, 0.2) is 0 Å². The zero-order chi connectivity index (χ0) is 18.9. The lowest BCUT2D eigenvalue weighted by atomic mass is 10.1. The summed E-state index contributed by atoms with van der Waals surface area (Å²) in [6, 6.07) is 19.6. The smallest absolute Gasteiger partial charge is 0.252 e. The Hall–Kier alpha value is -3.34. The molecular formula is C22H23N3O2. The zero-order valence-electron chi connectivity index (χ0n) is 15.3. The maximum atomic E-state index is 12.4. The summed E-state index contributed by atoms with van der Waals surface area (Å²) < 4.78 is 5.33. The minimum Gasteiger partial charge on any atom is -0.495 e. The Kier molecular flexibility index (Phi) is 6.41. The average Bonchev–Trinajstić information content (AvgIpc) is 2.72. The van der Waals surface area contributed by atoms with Crippen molar-refractivity contribution in [2.24, 2.45) is 0 Å². The van der Waals surface area contributed by atoms with E-state index in [0.29, 0.717) is 12.1 Å². The van der Waals surface area contributed by atoms with Crippen LogP contribution in [0.25, 0.3) is 0 Å². The number of aromatic nitrogens is 1. The number of amides is 1. The van der Waals surface area contributed by atoms with Crippen LogP contribution in [0.15, 0.2) is 73.1 Å². The highest BCUT2D eigenvalue weighted by Crippen LogP contribution is 2.26. The van der Waals surface area contributed by atoms with E-state index >= 15 is 0 Å². The minimum atomic E-state index is -0.126. The second-order valence-electron chi connectivity index (χ2n) is 6.13. The largest absolute Gasteiger partial charge is 0.495 e. The van der Waals surface area contributed by atoms with Crippen LogP contribution in [0, 0.1) is 0 Å². The van der Waals surface area contributed by atoms with Gasteiger partial charge in [-0.15, -0.1) is 0 Å². The standard InChI is InChI=1S/C22H23N3O2/c1-27-21-12-6-5-11-20(21)25-19-14-18(15-23-16-19)22(26)24-13-7-10-17-8-3-2-4-9-17/h2-6,8-9,11-12,14-16,25H,7,10,13H2,1H3,(H,24,26). The van der Waals surface area contributed by atoms with E-state index < -0.39 is 0 Å². The molecule has 0 aliphatic heterocycles. The summed E-state index contributed by atoms with van der Waals surface area (Å²) in [6.45, 7) is 0.623. The van der Waals surface area contributed by atoms with Gasteiger partial charge in [0.25, 0.3) is 5.91 Å². The molecule has 2 N–H and O–H groups in total. The highest BCUT2D eigenvalue weighted by atomic mass is 16.5. The van der Waals surface area contributed by atoms with Crippen molar-refractivity contribution in [1.82, 2.24) is 10.3 Å². The fourth-order valence-electron chi connectivity index (χ4n) is 2.78. The molecule has 3 rings (SSSR count). The SMILES string of the molecule is COc1ccccc1Nc1cncc(C(=O)NCCCc2ccccc2)c1. The van der Waals surface area contributed by atoms with Crippen molar-refractivity contribution in [3.63, 3.8) is 0 Å². The summed E-state index contributed by atoms with van der Waals surface area (Å²) in [6.07, 6.45) is 5.08. The summed E-state index contributed by atoms with van der Waals surface area (Å²) in [5.41, 5.74) is 3.35. The molecule has 1 amide bonds. The van der Waals surface area contributed by atoms with Crippen molar-refractivity contribution in [3.05, 3.63) is 84.2 Å². The van der Waals surface area contributed by atoms with Crippen molar-refractivity contribution in [2.45, 2.75) is 12.8 Å². The number of ether oxygens (including phenoxy) is 1. The maximum Gasteiger partial charge on any atom is 0.252 e. The fraction of sp³-hybridized carbons (Fsp3) is 0.182. The van der Waals surface area contributed by atoms with Crippen molar-refractivity contribution >= 4 is 17.3 Å². The van der Waals surface area contributed by atoms with Gasteiger partial charge in [-0.2, -0.15) is 0 Å². The van der Waals surface area contributed by atoms with Crippen molar-refractivity contribution < 1.29 is 9.53 Å². The maximum absolute atomic E-state index is 12.4. The molecule has 5 nitrogen and oxygen atoms in total. The molecule has 0 fully saturated rings. The van der Waals surface area contributed by atoms with E-state index in [1.165, 1.54) is 5.56 Å². The number of hydrogen-bond acceptors (Lipinski definition) is 4. The highest BCUT2D eigenvalue weighted by Gasteiger charge is 2.08. The third-order valence-electron chi connectivity index (χ3n) is 4.16. The van der Waals surface area contributed by atoms with Gasteiger partial charge >= 0.3 is 0 Å². The summed E-state index contributed by atoms with van der Waals surface area (Å²) in [5, 5.41) is 6.19. The molecule has 0 aliphatic rings. The lowest BCUT2D eigenvalue weighted by Crippen LogP contribution is -2.25. The molecule has 2 aromatic carbocycles. The van der Waals surface area contributed by atoms with Gasteiger partial charge in [-0.25, -0.2) is 0 Å². The Bertz CT molecular complexity index is 881. The Morgan fingerprint density at radius 3 is 2.63 bits per heavy atom. The molecular weight excluding hydrogens is 338 g/mol. The Balaban J connectivity index is 1.55. The predicted octanol–water partition coefficient (Wildman–Crippen LogP) is 4.20. The first kappa shape index (κ1) is 18.5. The molecule has 0 radical (unpaired) electrons. The third-order valence-corrected chi connectivity index (χ3v) is 4.16. The second kappa shape index (κ2) is 9.38. The number of nitrogens with zero attached hydrogens (tertiary/aromatic N) is 1. The molecule has 0 saturated heterocycles. The van der Waals surface area contributed by atoms with Gasteiger partial charge in [0.1, 0.15) is 5.75 Å². The topological polar surface area (TPSA) is 63.2 Å². The number of rotatable bonds is 8. The summed E-state index contributed by atoms with van der Waals surface area (Å²) in [5.74, 6) is 0.604. The van der Waals surface area contributed by atoms with E-state index in [9.17, 15) is 4.79 Å². The minimum absolute atomic E-state index is 0.126. The first-order valence-electron chi connectivity index (χ1n) is 8.93. The highest BCUT2D eigenvalue weighted by molar-refractivity contribution is 5.94. The van der Waals surface area contributed by atoms with Crippen LogP contribution in [0.5, 0.6) is 5.75 Å². The molecule has 0 saturated carbocycles. The Labute approximate surface area is 159 Å². The number of pyridine rings is 1. The molecule has 3 aromatic rings. The predicted molar refractivity (Wildman–Crippen MR) is 108 cm³/mol. The molecule has 0 atom stereocenters. The molecule has 1 heterocycles. The number of aryl methyl sites for hydroxylation is 1. The number of nitrogens with one attached hydrogen (secondary N) is 2. The van der Waals surface area contributed by atoms with E-state index in [4.69, 9.17) is 4.74 Å². The van der Waals surface area contributed by atoms with E-state index in [1.54, 1.807) is 25.6 Å². The van der Waals surface area contributed by atoms with Crippen molar-refractivity contribution in [1.29, 1.82) is 0 Å². The number of para-hydroxylation sites is 2. The molecule has 0 unspecified atom stereocenters. The zero-order valence-corrected chi connectivity index (χ0v) is 15.3. The number of hydrogen-bond donors (Lipinski definition) is 2. The van der Waals surface area contributed by atoms with Gasteiger partial charge in [-0.05, 0) is 36.6 Å². The Morgan fingerprint density at radius 1 is 1.04 bits per heavy atom. The van der Waals surface area contributed by atoms with Gasteiger partial charge < -0.3 is 15.4 Å².